The van der Waals surface area contributed by atoms with Gasteiger partial charge < -0.3 is 9.64 Å². The first kappa shape index (κ1) is 21.0. The standard InChI is InChI=1S/C26H29N3O2/c1-17(2)25-27-23-14-16-29(26(30)20-7-5-18(3)6-8-20)15-13-22(23)24(28-25)19-9-11-21(31-4)12-10-19/h5-12,17H,13-16H2,1-4H3. The Morgan fingerprint density at radius 2 is 1.65 bits per heavy atom. The fourth-order valence-electron chi connectivity index (χ4n) is 3.95. The van der Waals surface area contributed by atoms with E-state index in [1.54, 1.807) is 7.11 Å². The molecular formula is C26H29N3O2. The lowest BCUT2D eigenvalue weighted by atomic mass is 10.00. The first-order valence-corrected chi connectivity index (χ1v) is 10.9. The normalized spacial score (nSPS) is 13.6. The number of methoxy groups -OCH3 is 1. The summed E-state index contributed by atoms with van der Waals surface area (Å²) in [4.78, 5) is 24.9. The number of hydrogen-bond donors (Lipinski definition) is 0. The topological polar surface area (TPSA) is 55.3 Å². The van der Waals surface area contributed by atoms with E-state index in [0.29, 0.717) is 13.1 Å². The number of carbonyl (C=O) groups is 1. The third kappa shape index (κ3) is 4.46. The van der Waals surface area contributed by atoms with Crippen LogP contribution in [0.25, 0.3) is 11.3 Å². The molecule has 0 saturated carbocycles. The minimum atomic E-state index is 0.0795. The highest BCUT2D eigenvalue weighted by atomic mass is 16.5. The van der Waals surface area contributed by atoms with Crippen molar-refractivity contribution in [3.05, 3.63) is 76.7 Å². The molecule has 1 aromatic heterocycles. The number of ether oxygens (including phenoxy) is 1. The molecule has 0 bridgehead atoms. The Morgan fingerprint density at radius 1 is 0.968 bits per heavy atom. The zero-order valence-electron chi connectivity index (χ0n) is 18.7. The van der Waals surface area contributed by atoms with Gasteiger partial charge in [-0.25, -0.2) is 9.97 Å². The zero-order chi connectivity index (χ0) is 22.0. The maximum absolute atomic E-state index is 13.1. The molecule has 0 fully saturated rings. The van der Waals surface area contributed by atoms with Gasteiger partial charge in [0.1, 0.15) is 11.6 Å². The van der Waals surface area contributed by atoms with Crippen LogP contribution >= 0.6 is 0 Å². The second kappa shape index (κ2) is 8.88. The van der Waals surface area contributed by atoms with Crippen molar-refractivity contribution >= 4 is 5.91 Å². The number of rotatable bonds is 4. The first-order valence-electron chi connectivity index (χ1n) is 10.9. The summed E-state index contributed by atoms with van der Waals surface area (Å²) < 4.78 is 5.31. The molecule has 0 spiro atoms. The van der Waals surface area contributed by atoms with E-state index >= 15 is 0 Å². The van der Waals surface area contributed by atoms with Gasteiger partial charge in [0, 0.05) is 47.8 Å². The molecule has 3 aromatic rings. The SMILES string of the molecule is COc1ccc(-c2nc(C(C)C)nc3c2CCN(C(=O)c2ccc(C)cc2)CC3)cc1. The number of aromatic nitrogens is 2. The molecule has 31 heavy (non-hydrogen) atoms. The number of nitrogens with zero attached hydrogens (tertiary/aromatic N) is 3. The Hall–Kier alpha value is -3.21. The van der Waals surface area contributed by atoms with Gasteiger partial charge in [-0.1, -0.05) is 31.5 Å². The van der Waals surface area contributed by atoms with Crippen molar-refractivity contribution < 1.29 is 9.53 Å². The van der Waals surface area contributed by atoms with Crippen LogP contribution < -0.4 is 4.74 Å². The monoisotopic (exact) mass is 415 g/mol. The van der Waals surface area contributed by atoms with Crippen molar-refractivity contribution in [2.24, 2.45) is 0 Å². The lowest BCUT2D eigenvalue weighted by Crippen LogP contribution is -2.33. The molecule has 2 heterocycles. The van der Waals surface area contributed by atoms with Crippen LogP contribution in [0, 0.1) is 6.92 Å². The summed E-state index contributed by atoms with van der Waals surface area (Å²) in [6.07, 6.45) is 1.48. The average molecular weight is 416 g/mol. The molecule has 5 nitrogen and oxygen atoms in total. The fourth-order valence-corrected chi connectivity index (χ4v) is 3.95. The van der Waals surface area contributed by atoms with Crippen LogP contribution in [0.15, 0.2) is 48.5 Å². The number of carbonyl (C=O) groups excluding carboxylic acids is 1. The predicted molar refractivity (Wildman–Crippen MR) is 123 cm³/mol. The summed E-state index contributed by atoms with van der Waals surface area (Å²) in [7, 11) is 1.67. The zero-order valence-corrected chi connectivity index (χ0v) is 18.7. The van der Waals surface area contributed by atoms with E-state index in [-0.39, 0.29) is 11.8 Å². The van der Waals surface area contributed by atoms with Crippen LogP contribution in [-0.4, -0.2) is 41.0 Å². The first-order chi connectivity index (χ1) is 15.0. The van der Waals surface area contributed by atoms with E-state index in [0.717, 1.165) is 58.1 Å². The summed E-state index contributed by atoms with van der Waals surface area (Å²) >= 11 is 0. The van der Waals surface area contributed by atoms with E-state index in [9.17, 15) is 4.79 Å². The number of amides is 1. The highest BCUT2D eigenvalue weighted by molar-refractivity contribution is 5.94. The van der Waals surface area contributed by atoms with Crippen molar-refractivity contribution in [1.82, 2.24) is 14.9 Å². The largest absolute Gasteiger partial charge is 0.497 e. The van der Waals surface area contributed by atoms with E-state index in [1.165, 1.54) is 0 Å². The smallest absolute Gasteiger partial charge is 0.253 e. The third-order valence-corrected chi connectivity index (χ3v) is 5.83. The van der Waals surface area contributed by atoms with Crippen molar-refractivity contribution in [3.8, 4) is 17.0 Å². The van der Waals surface area contributed by atoms with Crippen LogP contribution in [0.2, 0.25) is 0 Å². The maximum atomic E-state index is 13.1. The summed E-state index contributed by atoms with van der Waals surface area (Å²) in [6.45, 7) is 7.58. The number of hydrogen-bond acceptors (Lipinski definition) is 4. The van der Waals surface area contributed by atoms with Crippen LogP contribution in [0.4, 0.5) is 0 Å². The average Bonchev–Trinajstić information content (AvgIpc) is 3.01. The summed E-state index contributed by atoms with van der Waals surface area (Å²) in [5.41, 5.74) is 6.12. The maximum Gasteiger partial charge on any atom is 0.253 e. The van der Waals surface area contributed by atoms with E-state index < -0.39 is 0 Å². The Balaban J connectivity index is 1.67. The van der Waals surface area contributed by atoms with Crippen molar-refractivity contribution in [2.75, 3.05) is 20.2 Å². The van der Waals surface area contributed by atoms with Crippen LogP contribution in [0.5, 0.6) is 5.75 Å². The van der Waals surface area contributed by atoms with Gasteiger partial charge in [0.25, 0.3) is 5.91 Å². The summed E-state index contributed by atoms with van der Waals surface area (Å²) in [5.74, 6) is 1.98. The van der Waals surface area contributed by atoms with Crippen LogP contribution in [0.1, 0.15) is 52.8 Å². The number of benzene rings is 2. The molecule has 0 saturated heterocycles. The molecule has 1 aliphatic heterocycles. The Kier molecular flexibility index (Phi) is 6.03. The molecule has 0 radical (unpaired) electrons. The quantitative estimate of drug-likeness (QED) is 0.613. The van der Waals surface area contributed by atoms with Gasteiger partial charge in [-0.15, -0.1) is 0 Å². The van der Waals surface area contributed by atoms with E-state index in [2.05, 4.69) is 13.8 Å². The Morgan fingerprint density at radius 3 is 2.29 bits per heavy atom. The second-order valence-corrected chi connectivity index (χ2v) is 8.40. The van der Waals surface area contributed by atoms with Crippen molar-refractivity contribution in [3.63, 3.8) is 0 Å². The second-order valence-electron chi connectivity index (χ2n) is 8.40. The Labute approximate surface area is 184 Å². The molecule has 1 amide bonds. The fraction of sp³-hybridized carbons (Fsp3) is 0.346. The van der Waals surface area contributed by atoms with Crippen LogP contribution in [-0.2, 0) is 12.8 Å². The van der Waals surface area contributed by atoms with Crippen molar-refractivity contribution in [1.29, 1.82) is 0 Å². The van der Waals surface area contributed by atoms with E-state index in [4.69, 9.17) is 14.7 Å². The highest BCUT2D eigenvalue weighted by Gasteiger charge is 2.24. The molecule has 0 aliphatic carbocycles. The molecule has 0 atom stereocenters. The van der Waals surface area contributed by atoms with Gasteiger partial charge >= 0.3 is 0 Å². The van der Waals surface area contributed by atoms with Gasteiger partial charge in [0.2, 0.25) is 0 Å². The van der Waals surface area contributed by atoms with Gasteiger partial charge in [-0.3, -0.25) is 4.79 Å². The lowest BCUT2D eigenvalue weighted by molar-refractivity contribution is 0.0763. The molecular weight excluding hydrogens is 386 g/mol. The Bertz CT molecular complexity index is 1070. The molecule has 0 unspecified atom stereocenters. The minimum absolute atomic E-state index is 0.0795. The molecule has 1 aliphatic rings. The van der Waals surface area contributed by atoms with Crippen molar-refractivity contribution in [2.45, 2.75) is 39.5 Å². The van der Waals surface area contributed by atoms with Crippen LogP contribution in [0.3, 0.4) is 0 Å². The molecule has 0 N–H and O–H groups in total. The lowest BCUT2D eigenvalue weighted by Gasteiger charge is -2.20. The van der Waals surface area contributed by atoms with Gasteiger partial charge in [-0.05, 0) is 49.7 Å². The summed E-state index contributed by atoms with van der Waals surface area (Å²) in [6, 6.07) is 15.8. The minimum Gasteiger partial charge on any atom is -0.497 e. The predicted octanol–water partition coefficient (Wildman–Crippen LogP) is 4.83. The van der Waals surface area contributed by atoms with E-state index in [1.807, 2.05) is 60.4 Å². The molecule has 4 rings (SSSR count). The van der Waals surface area contributed by atoms with Gasteiger partial charge in [0.15, 0.2) is 0 Å². The van der Waals surface area contributed by atoms with Gasteiger partial charge in [0.05, 0.1) is 12.8 Å². The molecule has 160 valence electrons. The highest BCUT2D eigenvalue weighted by Crippen LogP contribution is 2.30. The number of fused-ring (bicyclic) bond motifs is 1. The molecule has 2 aromatic carbocycles. The number of aryl methyl sites for hydroxylation is 1. The molecule has 5 heteroatoms. The third-order valence-electron chi connectivity index (χ3n) is 5.83. The van der Waals surface area contributed by atoms with Gasteiger partial charge in [-0.2, -0.15) is 0 Å². The summed E-state index contributed by atoms with van der Waals surface area (Å²) in [5, 5.41) is 0.